The van der Waals surface area contributed by atoms with Gasteiger partial charge >= 0.3 is 6.09 Å². The number of amides is 2. The maximum Gasteiger partial charge on any atom is 0.408 e. The van der Waals surface area contributed by atoms with Gasteiger partial charge in [-0.3, -0.25) is 4.79 Å². The number of alkyl carbamates (subject to hydrolysis) is 1. The number of nitrogens with one attached hydrogen (secondary N) is 3. The van der Waals surface area contributed by atoms with Gasteiger partial charge in [-0.15, -0.1) is 0 Å². The van der Waals surface area contributed by atoms with E-state index in [0.29, 0.717) is 28.1 Å². The second-order valence-corrected chi connectivity index (χ2v) is 9.42. The van der Waals surface area contributed by atoms with Gasteiger partial charge in [0.05, 0.1) is 12.2 Å². The van der Waals surface area contributed by atoms with E-state index in [-0.39, 0.29) is 11.8 Å². The van der Waals surface area contributed by atoms with Gasteiger partial charge in [0, 0.05) is 29.3 Å². The number of piperidine rings is 1. The molecule has 1 unspecified atom stereocenters. The average Bonchev–Trinajstić information content (AvgIpc) is 3.22. The van der Waals surface area contributed by atoms with Gasteiger partial charge in [0.2, 0.25) is 0 Å². The number of nitrogen functional groups attached to an aromatic ring is 1. The van der Waals surface area contributed by atoms with E-state index in [2.05, 4.69) is 26.0 Å². The molecule has 34 heavy (non-hydrogen) atoms. The minimum absolute atomic E-state index is 0.118. The predicted octanol–water partition coefficient (Wildman–Crippen LogP) is 3.13. The smallest absolute Gasteiger partial charge is 0.408 e. The lowest BCUT2D eigenvalue weighted by Gasteiger charge is -2.34. The monoisotopic (exact) mass is 465 g/mol. The number of fused-ring (bicyclic) bond motifs is 1. The molecule has 1 atom stereocenters. The molecule has 3 aromatic rings. The first-order valence-corrected chi connectivity index (χ1v) is 11.4. The second kappa shape index (κ2) is 9.68. The van der Waals surface area contributed by atoms with Gasteiger partial charge in [-0.1, -0.05) is 6.07 Å². The fourth-order valence-corrected chi connectivity index (χ4v) is 4.25. The van der Waals surface area contributed by atoms with Crippen molar-refractivity contribution in [2.75, 3.05) is 24.1 Å². The summed E-state index contributed by atoms with van der Waals surface area (Å²) in [5, 5.41) is 13.5. The van der Waals surface area contributed by atoms with Crippen LogP contribution in [0.4, 0.5) is 16.2 Å². The summed E-state index contributed by atoms with van der Waals surface area (Å²) >= 11 is 0. The van der Waals surface area contributed by atoms with E-state index in [9.17, 15) is 9.59 Å². The second-order valence-electron chi connectivity index (χ2n) is 9.42. The van der Waals surface area contributed by atoms with Gasteiger partial charge < -0.3 is 26.4 Å². The number of aromatic nitrogens is 3. The van der Waals surface area contributed by atoms with E-state index in [1.807, 2.05) is 20.8 Å². The molecular weight excluding hydrogens is 434 g/mol. The summed E-state index contributed by atoms with van der Waals surface area (Å²) in [5.41, 5.74) is 8.25. The van der Waals surface area contributed by atoms with Crippen molar-refractivity contribution in [1.82, 2.24) is 25.2 Å². The van der Waals surface area contributed by atoms with Crippen molar-refractivity contribution in [2.45, 2.75) is 45.3 Å². The lowest BCUT2D eigenvalue weighted by Crippen LogP contribution is -2.41. The van der Waals surface area contributed by atoms with Crippen molar-refractivity contribution >= 4 is 29.0 Å². The minimum atomic E-state index is -0.640. The van der Waals surface area contributed by atoms with Crippen LogP contribution < -0.4 is 21.7 Å². The molecule has 1 saturated heterocycles. The fourth-order valence-electron chi connectivity index (χ4n) is 4.25. The molecule has 10 nitrogen and oxygen atoms in total. The molecule has 2 amide bonds. The summed E-state index contributed by atoms with van der Waals surface area (Å²) in [6.45, 7) is 7.12. The summed E-state index contributed by atoms with van der Waals surface area (Å²) < 4.78 is 7.07. The molecule has 0 radical (unpaired) electrons. The molecule has 10 heteroatoms. The largest absolute Gasteiger partial charge is 0.444 e. The topological polar surface area (TPSA) is 136 Å². The Morgan fingerprint density at radius 2 is 2.00 bits per heavy atom. The third-order valence-corrected chi connectivity index (χ3v) is 5.75. The molecule has 3 heterocycles. The molecule has 180 valence electrons. The van der Waals surface area contributed by atoms with Crippen molar-refractivity contribution in [3.8, 4) is 0 Å². The summed E-state index contributed by atoms with van der Waals surface area (Å²) in [7, 11) is 0. The van der Waals surface area contributed by atoms with Crippen molar-refractivity contribution in [1.29, 1.82) is 0 Å². The Balaban J connectivity index is 1.67. The third-order valence-electron chi connectivity index (χ3n) is 5.75. The number of carbonyl (C=O) groups excluding carboxylic acids is 2. The first kappa shape index (κ1) is 23.5. The SMILES string of the molecule is CC(C)(C)OC(=O)NC(c1c(N)cccc1NC(=O)c1cnn2cccnc12)C1CCNCC1. The summed E-state index contributed by atoms with van der Waals surface area (Å²) in [5.74, 6) is -0.241. The molecule has 4 rings (SSSR count). The Labute approximate surface area is 198 Å². The van der Waals surface area contributed by atoms with Gasteiger partial charge in [0.1, 0.15) is 11.2 Å². The molecule has 1 aliphatic heterocycles. The van der Waals surface area contributed by atoms with Gasteiger partial charge in [0.25, 0.3) is 5.91 Å². The fraction of sp³-hybridized carbons (Fsp3) is 0.417. The highest BCUT2D eigenvalue weighted by Gasteiger charge is 2.32. The third kappa shape index (κ3) is 5.28. The van der Waals surface area contributed by atoms with Gasteiger partial charge in [-0.25, -0.2) is 14.3 Å². The number of ether oxygens (including phenoxy) is 1. The van der Waals surface area contributed by atoms with Crippen molar-refractivity contribution in [3.63, 3.8) is 0 Å². The van der Waals surface area contributed by atoms with Crippen LogP contribution in [0.3, 0.4) is 0 Å². The van der Waals surface area contributed by atoms with Crippen LogP contribution in [0.15, 0.2) is 42.9 Å². The summed E-state index contributed by atoms with van der Waals surface area (Å²) in [6, 6.07) is 6.63. The number of rotatable bonds is 5. The Bertz CT molecular complexity index is 1180. The molecule has 0 aliphatic carbocycles. The number of hydrogen-bond donors (Lipinski definition) is 4. The number of anilines is 2. The molecule has 1 aromatic carbocycles. The molecule has 1 fully saturated rings. The number of nitrogens with two attached hydrogens (primary N) is 1. The van der Waals surface area contributed by atoms with Gasteiger partial charge in [-0.2, -0.15) is 5.10 Å². The molecule has 0 saturated carbocycles. The minimum Gasteiger partial charge on any atom is -0.444 e. The zero-order chi connectivity index (χ0) is 24.3. The van der Waals surface area contributed by atoms with E-state index in [4.69, 9.17) is 10.5 Å². The summed E-state index contributed by atoms with van der Waals surface area (Å²) in [6.07, 6.45) is 5.98. The highest BCUT2D eigenvalue weighted by atomic mass is 16.6. The highest BCUT2D eigenvalue weighted by Crippen LogP contribution is 2.37. The molecule has 2 aromatic heterocycles. The molecule has 5 N–H and O–H groups in total. The van der Waals surface area contributed by atoms with Crippen molar-refractivity contribution in [3.05, 3.63) is 54.0 Å². The van der Waals surface area contributed by atoms with Crippen LogP contribution in [-0.4, -0.2) is 45.3 Å². The quantitative estimate of drug-likeness (QED) is 0.425. The van der Waals surface area contributed by atoms with Crippen LogP contribution in [0.25, 0.3) is 5.65 Å². The van der Waals surface area contributed by atoms with E-state index in [1.54, 1.807) is 36.7 Å². The Hall–Kier alpha value is -3.66. The number of benzene rings is 1. The van der Waals surface area contributed by atoms with E-state index in [0.717, 1.165) is 25.9 Å². The van der Waals surface area contributed by atoms with E-state index in [1.165, 1.54) is 10.7 Å². The molecular formula is C24H31N7O3. The lowest BCUT2D eigenvalue weighted by molar-refractivity contribution is 0.0478. The van der Waals surface area contributed by atoms with Gasteiger partial charge in [-0.05, 0) is 70.8 Å². The zero-order valence-electron chi connectivity index (χ0n) is 19.7. The first-order valence-electron chi connectivity index (χ1n) is 11.4. The molecule has 0 bridgehead atoms. The Kier molecular flexibility index (Phi) is 6.69. The van der Waals surface area contributed by atoms with Crippen molar-refractivity contribution < 1.29 is 14.3 Å². The average molecular weight is 466 g/mol. The maximum absolute atomic E-state index is 13.2. The Morgan fingerprint density at radius 1 is 1.24 bits per heavy atom. The van der Waals surface area contributed by atoms with E-state index >= 15 is 0 Å². The molecule has 1 aliphatic rings. The normalized spacial score (nSPS) is 15.6. The number of hydrogen-bond acceptors (Lipinski definition) is 7. The van der Waals surface area contributed by atoms with Crippen molar-refractivity contribution in [2.24, 2.45) is 5.92 Å². The van der Waals surface area contributed by atoms with Crippen LogP contribution in [0.1, 0.15) is 55.6 Å². The summed E-state index contributed by atoms with van der Waals surface area (Å²) in [4.78, 5) is 30.2. The van der Waals surface area contributed by atoms with Crippen LogP contribution in [0.2, 0.25) is 0 Å². The first-order chi connectivity index (χ1) is 16.2. The highest BCUT2D eigenvalue weighted by molar-refractivity contribution is 6.08. The van der Waals surface area contributed by atoms with Crippen LogP contribution in [0.5, 0.6) is 0 Å². The molecule has 0 spiro atoms. The number of carbonyl (C=O) groups is 2. The van der Waals surface area contributed by atoms with Crippen LogP contribution >= 0.6 is 0 Å². The number of nitrogens with zero attached hydrogens (tertiary/aromatic N) is 3. The van der Waals surface area contributed by atoms with Crippen LogP contribution in [-0.2, 0) is 4.74 Å². The predicted molar refractivity (Wildman–Crippen MR) is 129 cm³/mol. The van der Waals surface area contributed by atoms with Crippen LogP contribution in [0, 0.1) is 5.92 Å². The lowest BCUT2D eigenvalue weighted by atomic mass is 9.84. The van der Waals surface area contributed by atoms with Gasteiger partial charge in [0.15, 0.2) is 5.65 Å². The zero-order valence-corrected chi connectivity index (χ0v) is 19.7. The maximum atomic E-state index is 13.2. The van der Waals surface area contributed by atoms with E-state index < -0.39 is 17.7 Å². The Morgan fingerprint density at radius 3 is 2.74 bits per heavy atom. The standard InChI is InChI=1S/C24H31N7O3/c1-24(2,3)34-23(33)30-20(15-8-11-26-12-9-15)19-17(25)6-4-7-18(19)29-22(32)16-14-28-31-13-5-10-27-21(16)31/h4-7,10,13-15,20,26H,8-9,11-12,25H2,1-3H3,(H,29,32)(H,30,33).